The quantitative estimate of drug-likeness (QED) is 0.749. The zero-order valence-corrected chi connectivity index (χ0v) is 8.39. The van der Waals surface area contributed by atoms with E-state index in [-0.39, 0.29) is 11.9 Å². The topological polar surface area (TPSA) is 62.2 Å². The fraction of sp³-hybridized carbons (Fsp3) is 0.455. The molecular formula is C11H14N2O2. The number of pyridine rings is 1. The molecule has 0 aromatic carbocycles. The second kappa shape index (κ2) is 4.40. The second-order valence-corrected chi connectivity index (χ2v) is 3.79. The lowest BCUT2D eigenvalue weighted by atomic mass is 10.2. The van der Waals surface area contributed by atoms with Gasteiger partial charge in [0.1, 0.15) is 5.69 Å². The molecule has 0 saturated heterocycles. The third kappa shape index (κ3) is 2.33. The van der Waals surface area contributed by atoms with Crippen LogP contribution in [0.5, 0.6) is 0 Å². The lowest BCUT2D eigenvalue weighted by Gasteiger charge is -2.15. The van der Waals surface area contributed by atoms with Gasteiger partial charge in [0.15, 0.2) is 0 Å². The minimum Gasteiger partial charge on any atom is -0.391 e. The number of carbonyl (C=O) groups is 1. The Balaban J connectivity index is 1.98. The number of carbonyl (C=O) groups excluding carboxylic acids is 1. The van der Waals surface area contributed by atoms with Crippen LogP contribution in [0.25, 0.3) is 0 Å². The Morgan fingerprint density at radius 1 is 1.47 bits per heavy atom. The molecule has 2 atom stereocenters. The molecule has 1 aromatic rings. The van der Waals surface area contributed by atoms with E-state index in [2.05, 4.69) is 10.3 Å². The van der Waals surface area contributed by atoms with Crippen LogP contribution in [-0.4, -0.2) is 28.1 Å². The van der Waals surface area contributed by atoms with E-state index in [1.165, 1.54) is 0 Å². The molecule has 1 aliphatic rings. The molecular weight excluding hydrogens is 192 g/mol. The van der Waals surface area contributed by atoms with Crippen molar-refractivity contribution >= 4 is 5.91 Å². The van der Waals surface area contributed by atoms with Crippen LogP contribution < -0.4 is 5.32 Å². The number of amides is 1. The van der Waals surface area contributed by atoms with Gasteiger partial charge in [0, 0.05) is 6.20 Å². The van der Waals surface area contributed by atoms with Crippen LogP contribution in [0, 0.1) is 0 Å². The zero-order chi connectivity index (χ0) is 10.7. The van der Waals surface area contributed by atoms with Crippen LogP contribution in [0.4, 0.5) is 0 Å². The van der Waals surface area contributed by atoms with Crippen LogP contribution >= 0.6 is 0 Å². The first kappa shape index (κ1) is 10.1. The Labute approximate surface area is 88.3 Å². The Morgan fingerprint density at radius 3 is 2.93 bits per heavy atom. The van der Waals surface area contributed by atoms with Crippen molar-refractivity contribution in [3.05, 3.63) is 30.1 Å². The van der Waals surface area contributed by atoms with Gasteiger partial charge in [-0.05, 0) is 31.4 Å². The molecule has 4 heteroatoms. The van der Waals surface area contributed by atoms with Crippen molar-refractivity contribution in [2.24, 2.45) is 0 Å². The molecule has 0 spiro atoms. The van der Waals surface area contributed by atoms with E-state index in [9.17, 15) is 9.90 Å². The van der Waals surface area contributed by atoms with E-state index < -0.39 is 6.10 Å². The van der Waals surface area contributed by atoms with Gasteiger partial charge < -0.3 is 10.4 Å². The molecule has 0 radical (unpaired) electrons. The number of nitrogens with one attached hydrogen (secondary N) is 1. The number of aliphatic hydroxyl groups is 1. The highest BCUT2D eigenvalue weighted by atomic mass is 16.3. The van der Waals surface area contributed by atoms with E-state index in [4.69, 9.17) is 0 Å². The molecule has 1 amide bonds. The van der Waals surface area contributed by atoms with Gasteiger partial charge in [-0.3, -0.25) is 9.78 Å². The van der Waals surface area contributed by atoms with Crippen LogP contribution in [0.15, 0.2) is 24.4 Å². The summed E-state index contributed by atoms with van der Waals surface area (Å²) in [6, 6.07) is 5.09. The van der Waals surface area contributed by atoms with Crippen molar-refractivity contribution in [2.75, 3.05) is 0 Å². The Hall–Kier alpha value is -1.42. The second-order valence-electron chi connectivity index (χ2n) is 3.79. The predicted octanol–water partition coefficient (Wildman–Crippen LogP) is 0.725. The summed E-state index contributed by atoms with van der Waals surface area (Å²) in [6.07, 6.45) is 3.76. The average Bonchev–Trinajstić information content (AvgIpc) is 2.66. The van der Waals surface area contributed by atoms with Crippen molar-refractivity contribution in [3.8, 4) is 0 Å². The molecule has 0 unspecified atom stereocenters. The third-order valence-electron chi connectivity index (χ3n) is 2.69. The summed E-state index contributed by atoms with van der Waals surface area (Å²) >= 11 is 0. The maximum atomic E-state index is 11.7. The first-order chi connectivity index (χ1) is 7.27. The minimum atomic E-state index is -0.405. The first-order valence-electron chi connectivity index (χ1n) is 5.17. The van der Waals surface area contributed by atoms with E-state index >= 15 is 0 Å². The largest absolute Gasteiger partial charge is 0.391 e. The van der Waals surface area contributed by atoms with Crippen molar-refractivity contribution < 1.29 is 9.90 Å². The minimum absolute atomic E-state index is 0.112. The highest BCUT2D eigenvalue weighted by Gasteiger charge is 2.26. The fourth-order valence-corrected chi connectivity index (χ4v) is 1.85. The first-order valence-corrected chi connectivity index (χ1v) is 5.17. The number of nitrogens with zero attached hydrogens (tertiary/aromatic N) is 1. The van der Waals surface area contributed by atoms with Gasteiger partial charge in [-0.1, -0.05) is 6.07 Å². The Bertz CT molecular complexity index is 340. The summed E-state index contributed by atoms with van der Waals surface area (Å²) in [6.45, 7) is 0. The third-order valence-corrected chi connectivity index (χ3v) is 2.69. The fourth-order valence-electron chi connectivity index (χ4n) is 1.85. The van der Waals surface area contributed by atoms with Gasteiger partial charge >= 0.3 is 0 Å². The molecule has 2 N–H and O–H groups in total. The molecule has 1 saturated carbocycles. The van der Waals surface area contributed by atoms with Crippen LogP contribution in [0.2, 0.25) is 0 Å². The normalized spacial score (nSPS) is 25.1. The van der Waals surface area contributed by atoms with Gasteiger partial charge in [-0.25, -0.2) is 0 Å². The van der Waals surface area contributed by atoms with E-state index in [1.807, 2.05) is 0 Å². The van der Waals surface area contributed by atoms with Crippen molar-refractivity contribution in [2.45, 2.75) is 31.4 Å². The zero-order valence-electron chi connectivity index (χ0n) is 8.39. The Morgan fingerprint density at radius 2 is 2.33 bits per heavy atom. The maximum absolute atomic E-state index is 11.7. The van der Waals surface area contributed by atoms with Crippen LogP contribution in [0.1, 0.15) is 29.8 Å². The van der Waals surface area contributed by atoms with Gasteiger partial charge in [-0.15, -0.1) is 0 Å². The van der Waals surface area contributed by atoms with Gasteiger partial charge in [0.25, 0.3) is 5.91 Å². The number of aromatic nitrogens is 1. The van der Waals surface area contributed by atoms with Gasteiger partial charge in [-0.2, -0.15) is 0 Å². The van der Waals surface area contributed by atoms with Crippen molar-refractivity contribution in [1.29, 1.82) is 0 Å². The summed E-state index contributed by atoms with van der Waals surface area (Å²) in [5.74, 6) is -0.207. The maximum Gasteiger partial charge on any atom is 0.270 e. The molecule has 1 aromatic heterocycles. The number of hydrogen-bond acceptors (Lipinski definition) is 3. The monoisotopic (exact) mass is 206 g/mol. The van der Waals surface area contributed by atoms with Crippen molar-refractivity contribution in [1.82, 2.24) is 10.3 Å². The lowest BCUT2D eigenvalue weighted by molar-refractivity contribution is 0.0868. The Kier molecular flexibility index (Phi) is 2.97. The molecule has 0 aliphatic heterocycles. The molecule has 4 nitrogen and oxygen atoms in total. The molecule has 2 rings (SSSR count). The van der Waals surface area contributed by atoms with Crippen LogP contribution in [-0.2, 0) is 0 Å². The average molecular weight is 206 g/mol. The number of rotatable bonds is 2. The standard InChI is InChI=1S/C11H14N2O2/c14-10-6-3-5-8(10)13-11(15)9-4-1-2-7-12-9/h1-2,4,7-8,10,14H,3,5-6H2,(H,13,15)/t8-,10-/m0/s1. The van der Waals surface area contributed by atoms with Gasteiger partial charge in [0.05, 0.1) is 12.1 Å². The molecule has 80 valence electrons. The molecule has 15 heavy (non-hydrogen) atoms. The summed E-state index contributed by atoms with van der Waals surface area (Å²) in [4.78, 5) is 15.6. The summed E-state index contributed by atoms with van der Waals surface area (Å²) < 4.78 is 0. The summed E-state index contributed by atoms with van der Waals surface area (Å²) in [5, 5.41) is 12.3. The molecule has 1 fully saturated rings. The highest BCUT2D eigenvalue weighted by molar-refractivity contribution is 5.92. The predicted molar refractivity (Wildman–Crippen MR) is 55.3 cm³/mol. The van der Waals surface area contributed by atoms with Crippen LogP contribution in [0.3, 0.4) is 0 Å². The highest BCUT2D eigenvalue weighted by Crippen LogP contribution is 2.18. The summed E-state index contributed by atoms with van der Waals surface area (Å²) in [7, 11) is 0. The molecule has 1 aliphatic carbocycles. The lowest BCUT2D eigenvalue weighted by Crippen LogP contribution is -2.40. The van der Waals surface area contributed by atoms with E-state index in [0.717, 1.165) is 19.3 Å². The van der Waals surface area contributed by atoms with E-state index in [0.29, 0.717) is 5.69 Å². The molecule has 0 bridgehead atoms. The van der Waals surface area contributed by atoms with E-state index in [1.54, 1.807) is 24.4 Å². The molecule has 1 heterocycles. The smallest absolute Gasteiger partial charge is 0.270 e. The van der Waals surface area contributed by atoms with Crippen molar-refractivity contribution in [3.63, 3.8) is 0 Å². The van der Waals surface area contributed by atoms with Gasteiger partial charge in [0.2, 0.25) is 0 Å². The number of aliphatic hydroxyl groups excluding tert-OH is 1. The number of hydrogen-bond donors (Lipinski definition) is 2. The summed E-state index contributed by atoms with van der Waals surface area (Å²) in [5.41, 5.74) is 0.400. The SMILES string of the molecule is O=C(N[C@H]1CCC[C@@H]1O)c1ccccn1.